The first kappa shape index (κ1) is 14.7. The number of aryl methyl sites for hydroxylation is 1. The van der Waals surface area contributed by atoms with Gasteiger partial charge in [-0.2, -0.15) is 0 Å². The lowest BCUT2D eigenvalue weighted by molar-refractivity contribution is -0.124. The molecule has 21 heavy (non-hydrogen) atoms. The van der Waals surface area contributed by atoms with Crippen LogP contribution in [0.4, 0.5) is 0 Å². The summed E-state index contributed by atoms with van der Waals surface area (Å²) in [6, 6.07) is 6.11. The van der Waals surface area contributed by atoms with E-state index in [1.165, 1.54) is 31.0 Å². The summed E-state index contributed by atoms with van der Waals surface area (Å²) < 4.78 is 0.700. The van der Waals surface area contributed by atoms with Gasteiger partial charge in [0.25, 0.3) is 5.91 Å². The molecule has 1 aliphatic carbocycles. The summed E-state index contributed by atoms with van der Waals surface area (Å²) >= 11 is 6.83. The number of aromatic nitrogens is 1. The molecule has 1 saturated heterocycles. The first-order valence-corrected chi connectivity index (χ1v) is 8.58. The summed E-state index contributed by atoms with van der Waals surface area (Å²) in [5.41, 5.74) is 1.77. The third-order valence-corrected chi connectivity index (χ3v) is 5.28. The average molecular weight is 318 g/mol. The molecule has 0 spiro atoms. The summed E-state index contributed by atoms with van der Waals surface area (Å²) in [7, 11) is 0. The molecule has 3 rings (SSSR count). The first-order chi connectivity index (χ1) is 10.1. The van der Waals surface area contributed by atoms with Crippen LogP contribution in [0.3, 0.4) is 0 Å². The van der Waals surface area contributed by atoms with Gasteiger partial charge in [0.05, 0.1) is 10.6 Å². The third-order valence-electron chi connectivity index (χ3n) is 3.95. The van der Waals surface area contributed by atoms with E-state index in [0.717, 1.165) is 24.2 Å². The van der Waals surface area contributed by atoms with E-state index in [-0.39, 0.29) is 5.91 Å². The molecule has 1 saturated carbocycles. The number of rotatable bonds is 2. The van der Waals surface area contributed by atoms with E-state index in [0.29, 0.717) is 15.3 Å². The van der Waals surface area contributed by atoms with E-state index in [1.54, 1.807) is 0 Å². The summed E-state index contributed by atoms with van der Waals surface area (Å²) in [5.74, 6) is 0.0557. The molecule has 2 fully saturated rings. The van der Waals surface area contributed by atoms with Gasteiger partial charge in [-0.15, -0.1) is 0 Å². The maximum Gasteiger partial charge on any atom is 0.266 e. The summed E-state index contributed by atoms with van der Waals surface area (Å²) in [5, 5.41) is 0. The molecule has 0 atom stereocenters. The first-order valence-electron chi connectivity index (χ1n) is 7.36. The molecule has 0 unspecified atom stereocenters. The Morgan fingerprint density at radius 3 is 2.81 bits per heavy atom. The van der Waals surface area contributed by atoms with Crippen LogP contribution < -0.4 is 0 Å². The molecule has 5 heteroatoms. The van der Waals surface area contributed by atoms with Crippen molar-refractivity contribution >= 4 is 40.3 Å². The van der Waals surface area contributed by atoms with Gasteiger partial charge in [0.2, 0.25) is 0 Å². The Labute approximate surface area is 134 Å². The van der Waals surface area contributed by atoms with Gasteiger partial charge in [0.1, 0.15) is 4.32 Å². The van der Waals surface area contributed by atoms with Crippen LogP contribution in [0.15, 0.2) is 23.1 Å². The van der Waals surface area contributed by atoms with E-state index in [4.69, 9.17) is 12.2 Å². The van der Waals surface area contributed by atoms with Crippen LogP contribution in [0.2, 0.25) is 0 Å². The molecule has 1 amide bonds. The lowest BCUT2D eigenvalue weighted by atomic mass is 9.94. The van der Waals surface area contributed by atoms with E-state index >= 15 is 0 Å². The van der Waals surface area contributed by atoms with Crippen LogP contribution in [-0.4, -0.2) is 26.2 Å². The molecule has 0 N–H and O–H groups in total. The maximum atomic E-state index is 12.6. The zero-order valence-electron chi connectivity index (χ0n) is 12.0. The fourth-order valence-electron chi connectivity index (χ4n) is 2.91. The van der Waals surface area contributed by atoms with Crippen LogP contribution in [0, 0.1) is 6.92 Å². The number of thioether (sulfide) groups is 1. The van der Waals surface area contributed by atoms with Crippen molar-refractivity contribution in [3.8, 4) is 0 Å². The molecule has 0 bridgehead atoms. The zero-order valence-corrected chi connectivity index (χ0v) is 13.7. The van der Waals surface area contributed by atoms with Crippen molar-refractivity contribution < 1.29 is 4.79 Å². The van der Waals surface area contributed by atoms with Crippen LogP contribution in [-0.2, 0) is 4.79 Å². The Hall–Kier alpha value is -1.20. The number of amides is 1. The molecule has 0 radical (unpaired) electrons. The minimum absolute atomic E-state index is 0.0557. The molecule has 2 aliphatic rings. The van der Waals surface area contributed by atoms with Crippen LogP contribution in [0.5, 0.6) is 0 Å². The van der Waals surface area contributed by atoms with Gasteiger partial charge in [-0.3, -0.25) is 14.7 Å². The second-order valence-electron chi connectivity index (χ2n) is 5.55. The zero-order chi connectivity index (χ0) is 14.8. The second kappa shape index (κ2) is 6.28. The monoisotopic (exact) mass is 318 g/mol. The van der Waals surface area contributed by atoms with Crippen LogP contribution in [0.25, 0.3) is 6.08 Å². The molecule has 0 aromatic carbocycles. The van der Waals surface area contributed by atoms with Crippen LogP contribution >= 0.6 is 24.0 Å². The minimum atomic E-state index is 0.0557. The fourth-order valence-corrected chi connectivity index (χ4v) is 4.30. The van der Waals surface area contributed by atoms with Crippen molar-refractivity contribution in [1.82, 2.24) is 9.88 Å². The Kier molecular flexibility index (Phi) is 4.40. The quantitative estimate of drug-likeness (QED) is 0.611. The standard InChI is InChI=1S/C16H18N2OS2/c1-11-6-5-7-12(17-11)10-14-15(19)18(16(20)21-14)13-8-3-2-4-9-13/h5-7,10,13H,2-4,8-9H2,1H3/b14-10-. The maximum absolute atomic E-state index is 12.6. The molecule has 3 nitrogen and oxygen atoms in total. The van der Waals surface area contributed by atoms with Crippen molar-refractivity contribution in [1.29, 1.82) is 0 Å². The van der Waals surface area contributed by atoms with Gasteiger partial charge in [-0.1, -0.05) is 49.3 Å². The predicted molar refractivity (Wildman–Crippen MR) is 90.9 cm³/mol. The van der Waals surface area contributed by atoms with Crippen molar-refractivity contribution in [2.45, 2.75) is 45.1 Å². The van der Waals surface area contributed by atoms with E-state index in [2.05, 4.69) is 4.98 Å². The normalized spacial score (nSPS) is 22.3. The Bertz CT molecular complexity index is 606. The van der Waals surface area contributed by atoms with Gasteiger partial charge in [-0.05, 0) is 38.0 Å². The van der Waals surface area contributed by atoms with Gasteiger partial charge in [-0.25, -0.2) is 0 Å². The summed E-state index contributed by atoms with van der Waals surface area (Å²) in [6.45, 7) is 1.95. The SMILES string of the molecule is Cc1cccc(/C=C2\SC(=S)N(C3CCCCC3)C2=O)n1. The number of carbonyl (C=O) groups excluding carboxylic acids is 1. The molecule has 2 heterocycles. The number of hydrogen-bond acceptors (Lipinski definition) is 4. The largest absolute Gasteiger partial charge is 0.290 e. The fraction of sp³-hybridized carbons (Fsp3) is 0.438. The average Bonchev–Trinajstić information content (AvgIpc) is 2.74. The van der Waals surface area contributed by atoms with Gasteiger partial charge in [0, 0.05) is 11.7 Å². The molecule has 1 aromatic heterocycles. The summed E-state index contributed by atoms with van der Waals surface area (Å²) in [4.78, 5) is 19.6. The van der Waals surface area contributed by atoms with E-state index in [9.17, 15) is 4.79 Å². The highest BCUT2D eigenvalue weighted by atomic mass is 32.2. The lowest BCUT2D eigenvalue weighted by Crippen LogP contribution is -2.39. The molecular weight excluding hydrogens is 300 g/mol. The predicted octanol–water partition coefficient (Wildman–Crippen LogP) is 3.92. The second-order valence-corrected chi connectivity index (χ2v) is 7.22. The topological polar surface area (TPSA) is 33.2 Å². The Balaban J connectivity index is 1.82. The molecule has 1 aliphatic heterocycles. The van der Waals surface area contributed by atoms with Gasteiger partial charge in [0.15, 0.2) is 0 Å². The lowest BCUT2D eigenvalue weighted by Gasteiger charge is -2.29. The number of thiocarbonyl (C=S) groups is 1. The number of carbonyl (C=O) groups is 1. The highest BCUT2D eigenvalue weighted by Crippen LogP contribution is 2.37. The Morgan fingerprint density at radius 2 is 2.10 bits per heavy atom. The van der Waals surface area contributed by atoms with Crippen molar-refractivity contribution in [2.75, 3.05) is 0 Å². The smallest absolute Gasteiger partial charge is 0.266 e. The highest BCUT2D eigenvalue weighted by molar-refractivity contribution is 8.26. The van der Waals surface area contributed by atoms with Crippen molar-refractivity contribution in [3.05, 3.63) is 34.5 Å². The number of hydrogen-bond donors (Lipinski definition) is 0. The third kappa shape index (κ3) is 3.19. The van der Waals surface area contributed by atoms with E-state index < -0.39 is 0 Å². The van der Waals surface area contributed by atoms with Gasteiger partial charge < -0.3 is 0 Å². The van der Waals surface area contributed by atoms with Crippen molar-refractivity contribution in [2.24, 2.45) is 0 Å². The van der Waals surface area contributed by atoms with E-state index in [1.807, 2.05) is 36.1 Å². The van der Waals surface area contributed by atoms with Crippen LogP contribution in [0.1, 0.15) is 43.5 Å². The molecule has 1 aromatic rings. The number of pyridine rings is 1. The minimum Gasteiger partial charge on any atom is -0.290 e. The summed E-state index contributed by atoms with van der Waals surface area (Å²) in [6.07, 6.45) is 7.66. The molecule has 110 valence electrons. The molecular formula is C16H18N2OS2. The van der Waals surface area contributed by atoms with Gasteiger partial charge >= 0.3 is 0 Å². The number of nitrogens with zero attached hydrogens (tertiary/aromatic N) is 2. The Morgan fingerprint density at radius 1 is 1.33 bits per heavy atom. The highest BCUT2D eigenvalue weighted by Gasteiger charge is 2.37. The van der Waals surface area contributed by atoms with Crippen molar-refractivity contribution in [3.63, 3.8) is 0 Å².